The van der Waals surface area contributed by atoms with E-state index in [4.69, 9.17) is 5.11 Å². The second-order valence-corrected chi connectivity index (χ2v) is 3.81. The monoisotopic (exact) mass is 159 g/mol. The molecular formula is C8H17NO2. The van der Waals surface area contributed by atoms with Crippen LogP contribution in [0.25, 0.3) is 0 Å². The van der Waals surface area contributed by atoms with E-state index in [0.29, 0.717) is 6.54 Å². The average molecular weight is 159 g/mol. The van der Waals surface area contributed by atoms with Crippen LogP contribution >= 0.6 is 0 Å². The summed E-state index contributed by atoms with van der Waals surface area (Å²) in [6.45, 7) is 7.48. The number of amides is 1. The summed E-state index contributed by atoms with van der Waals surface area (Å²) in [5, 5.41) is 11.5. The van der Waals surface area contributed by atoms with Gasteiger partial charge in [-0.2, -0.15) is 0 Å². The molecule has 0 aromatic rings. The Morgan fingerprint density at radius 2 is 2.00 bits per heavy atom. The van der Waals surface area contributed by atoms with E-state index in [1.54, 1.807) is 6.92 Å². The Bertz CT molecular complexity index is 136. The van der Waals surface area contributed by atoms with Crippen LogP contribution in [-0.4, -0.2) is 23.7 Å². The van der Waals surface area contributed by atoms with Crippen molar-refractivity contribution < 1.29 is 9.90 Å². The first-order valence-corrected chi connectivity index (χ1v) is 3.80. The maximum absolute atomic E-state index is 11.1. The molecular weight excluding hydrogens is 142 g/mol. The molecule has 0 spiro atoms. The highest BCUT2D eigenvalue weighted by atomic mass is 16.3. The number of rotatable bonds is 2. The molecule has 0 unspecified atom stereocenters. The van der Waals surface area contributed by atoms with E-state index in [1.165, 1.54) is 0 Å². The van der Waals surface area contributed by atoms with Crippen molar-refractivity contribution in [1.82, 2.24) is 5.32 Å². The van der Waals surface area contributed by atoms with Crippen LogP contribution in [0.5, 0.6) is 0 Å². The zero-order valence-electron chi connectivity index (χ0n) is 7.64. The standard InChI is InChI=1S/C8H17NO2/c1-6(10)5-9-7(11)8(2,3)4/h6,10H,5H2,1-4H3,(H,9,11)/t6-/m0/s1. The predicted octanol–water partition coefficient (Wildman–Crippen LogP) is 0.529. The number of hydrogen-bond donors (Lipinski definition) is 2. The number of aliphatic hydroxyl groups excluding tert-OH is 1. The third-order valence-corrected chi connectivity index (χ3v) is 1.24. The molecule has 0 heterocycles. The van der Waals surface area contributed by atoms with E-state index in [1.807, 2.05) is 20.8 Å². The van der Waals surface area contributed by atoms with Crippen LogP contribution in [0.15, 0.2) is 0 Å². The van der Waals surface area contributed by atoms with Crippen molar-refractivity contribution in [2.45, 2.75) is 33.8 Å². The van der Waals surface area contributed by atoms with Crippen molar-refractivity contribution in [3.8, 4) is 0 Å². The summed E-state index contributed by atoms with van der Waals surface area (Å²) in [6, 6.07) is 0. The third-order valence-electron chi connectivity index (χ3n) is 1.24. The van der Waals surface area contributed by atoms with E-state index < -0.39 is 6.10 Å². The minimum absolute atomic E-state index is 0.0293. The summed E-state index contributed by atoms with van der Waals surface area (Å²) < 4.78 is 0. The molecule has 0 aromatic carbocycles. The van der Waals surface area contributed by atoms with Gasteiger partial charge >= 0.3 is 0 Å². The van der Waals surface area contributed by atoms with Crippen LogP contribution in [0, 0.1) is 5.41 Å². The van der Waals surface area contributed by atoms with Gasteiger partial charge in [0.2, 0.25) is 5.91 Å². The zero-order valence-corrected chi connectivity index (χ0v) is 7.64. The predicted molar refractivity (Wildman–Crippen MR) is 44.1 cm³/mol. The van der Waals surface area contributed by atoms with E-state index in [2.05, 4.69) is 5.32 Å². The van der Waals surface area contributed by atoms with Gasteiger partial charge in [-0.25, -0.2) is 0 Å². The van der Waals surface area contributed by atoms with Crippen LogP contribution in [-0.2, 0) is 4.79 Å². The summed E-state index contributed by atoms with van der Waals surface area (Å²) in [4.78, 5) is 11.1. The summed E-state index contributed by atoms with van der Waals surface area (Å²) in [5.41, 5.74) is -0.366. The van der Waals surface area contributed by atoms with Gasteiger partial charge in [0.25, 0.3) is 0 Å². The van der Waals surface area contributed by atoms with Gasteiger partial charge in [-0.1, -0.05) is 20.8 Å². The van der Waals surface area contributed by atoms with Crippen molar-refractivity contribution in [3.63, 3.8) is 0 Å². The van der Waals surface area contributed by atoms with Crippen LogP contribution in [0.2, 0.25) is 0 Å². The van der Waals surface area contributed by atoms with Crippen molar-refractivity contribution in [2.24, 2.45) is 5.41 Å². The zero-order chi connectivity index (χ0) is 9.07. The molecule has 0 aliphatic rings. The lowest BCUT2D eigenvalue weighted by Gasteiger charge is -2.18. The fraction of sp³-hybridized carbons (Fsp3) is 0.875. The van der Waals surface area contributed by atoms with Gasteiger partial charge in [0.05, 0.1) is 6.10 Å². The molecule has 0 radical (unpaired) electrons. The molecule has 11 heavy (non-hydrogen) atoms. The van der Waals surface area contributed by atoms with Gasteiger partial charge in [-0.05, 0) is 6.92 Å². The van der Waals surface area contributed by atoms with Crippen molar-refractivity contribution in [1.29, 1.82) is 0 Å². The quantitative estimate of drug-likeness (QED) is 0.617. The second-order valence-electron chi connectivity index (χ2n) is 3.81. The van der Waals surface area contributed by atoms with E-state index >= 15 is 0 Å². The Morgan fingerprint density at radius 3 is 2.27 bits per heavy atom. The van der Waals surface area contributed by atoms with Gasteiger partial charge in [0.1, 0.15) is 0 Å². The molecule has 66 valence electrons. The fourth-order valence-corrected chi connectivity index (χ4v) is 0.506. The Morgan fingerprint density at radius 1 is 1.55 bits per heavy atom. The first-order valence-electron chi connectivity index (χ1n) is 3.80. The van der Waals surface area contributed by atoms with Crippen molar-refractivity contribution in [2.75, 3.05) is 6.54 Å². The van der Waals surface area contributed by atoms with Gasteiger partial charge in [0.15, 0.2) is 0 Å². The normalized spacial score (nSPS) is 14.3. The molecule has 0 aromatic heterocycles. The highest BCUT2D eigenvalue weighted by molar-refractivity contribution is 5.81. The molecule has 3 nitrogen and oxygen atoms in total. The van der Waals surface area contributed by atoms with Crippen LogP contribution in [0.3, 0.4) is 0 Å². The molecule has 0 rings (SSSR count). The summed E-state index contributed by atoms with van der Waals surface area (Å²) >= 11 is 0. The lowest BCUT2D eigenvalue weighted by molar-refractivity contribution is -0.128. The fourth-order valence-electron chi connectivity index (χ4n) is 0.506. The topological polar surface area (TPSA) is 49.3 Å². The molecule has 0 aliphatic heterocycles. The van der Waals surface area contributed by atoms with Crippen molar-refractivity contribution in [3.05, 3.63) is 0 Å². The Balaban J connectivity index is 3.71. The third kappa shape index (κ3) is 4.79. The SMILES string of the molecule is C[C@H](O)CNC(=O)C(C)(C)C. The molecule has 2 N–H and O–H groups in total. The smallest absolute Gasteiger partial charge is 0.225 e. The summed E-state index contributed by atoms with van der Waals surface area (Å²) in [6.07, 6.45) is -0.471. The van der Waals surface area contributed by atoms with Crippen molar-refractivity contribution >= 4 is 5.91 Å². The van der Waals surface area contributed by atoms with Gasteiger partial charge in [-0.3, -0.25) is 4.79 Å². The number of hydrogen-bond acceptors (Lipinski definition) is 2. The Hall–Kier alpha value is -0.570. The van der Waals surface area contributed by atoms with E-state index in [9.17, 15) is 4.79 Å². The molecule has 0 saturated carbocycles. The number of carbonyl (C=O) groups is 1. The average Bonchev–Trinajstić information content (AvgIpc) is 1.80. The lowest BCUT2D eigenvalue weighted by Crippen LogP contribution is -2.38. The van der Waals surface area contributed by atoms with E-state index in [-0.39, 0.29) is 11.3 Å². The maximum atomic E-state index is 11.1. The van der Waals surface area contributed by atoms with Gasteiger partial charge in [0, 0.05) is 12.0 Å². The van der Waals surface area contributed by atoms with Crippen LogP contribution in [0.1, 0.15) is 27.7 Å². The summed E-state index contributed by atoms with van der Waals surface area (Å²) in [7, 11) is 0. The molecule has 0 saturated heterocycles. The first-order chi connectivity index (χ1) is 4.84. The van der Waals surface area contributed by atoms with Crippen LogP contribution in [0.4, 0.5) is 0 Å². The molecule has 1 atom stereocenters. The maximum Gasteiger partial charge on any atom is 0.225 e. The molecule has 0 aliphatic carbocycles. The highest BCUT2D eigenvalue weighted by Gasteiger charge is 2.20. The molecule has 1 amide bonds. The largest absolute Gasteiger partial charge is 0.392 e. The van der Waals surface area contributed by atoms with Gasteiger partial charge < -0.3 is 10.4 Å². The number of nitrogens with one attached hydrogen (secondary N) is 1. The van der Waals surface area contributed by atoms with Crippen LogP contribution < -0.4 is 5.32 Å². The Kier molecular flexibility index (Phi) is 3.52. The molecule has 3 heteroatoms. The molecule has 0 fully saturated rings. The molecule has 0 bridgehead atoms. The number of aliphatic hydroxyl groups is 1. The minimum atomic E-state index is -0.471. The van der Waals surface area contributed by atoms with E-state index in [0.717, 1.165) is 0 Å². The van der Waals surface area contributed by atoms with Gasteiger partial charge in [-0.15, -0.1) is 0 Å². The number of carbonyl (C=O) groups excluding carboxylic acids is 1. The highest BCUT2D eigenvalue weighted by Crippen LogP contribution is 2.11. The lowest BCUT2D eigenvalue weighted by atomic mass is 9.96. The summed E-state index contributed by atoms with van der Waals surface area (Å²) in [5.74, 6) is -0.0293. The Labute approximate surface area is 67.8 Å². The first kappa shape index (κ1) is 10.4. The second kappa shape index (κ2) is 3.72. The minimum Gasteiger partial charge on any atom is -0.392 e.